The van der Waals surface area contributed by atoms with E-state index in [1.54, 1.807) is 0 Å². The second-order valence-corrected chi connectivity index (χ2v) is 6.87. The molecule has 0 bridgehead atoms. The van der Waals surface area contributed by atoms with Crippen molar-refractivity contribution in [2.24, 2.45) is 0 Å². The molecule has 10 heteroatoms. The maximum Gasteiger partial charge on any atom is 0.166 e. The molecule has 0 spiro atoms. The molecular weight excluding hydrogens is 376 g/mol. The minimum absolute atomic E-state index is 0.391. The second-order valence-electron chi connectivity index (χ2n) is 6.87. The van der Waals surface area contributed by atoms with E-state index in [4.69, 9.17) is 9.47 Å². The Morgan fingerprint density at radius 3 is 1.82 bits per heavy atom. The molecule has 0 amide bonds. The Hall–Kier alpha value is -1.76. The Balaban J connectivity index is 1.84. The molecule has 8 atom stereocenters. The molecule has 1 aromatic carbocycles. The average molecular weight is 400 g/mol. The van der Waals surface area contributed by atoms with E-state index >= 15 is 0 Å². The number of hydrogen-bond donors (Lipinski definition) is 8. The minimum Gasteiger partial charge on any atom is -0.506 e. The molecule has 10 nitrogen and oxygen atoms in total. The summed E-state index contributed by atoms with van der Waals surface area (Å²) in [6.07, 6.45) is -10.2. The summed E-state index contributed by atoms with van der Waals surface area (Å²) >= 11 is 0. The van der Waals surface area contributed by atoms with Crippen molar-refractivity contribution >= 4 is 0 Å². The highest BCUT2D eigenvalue weighted by molar-refractivity contribution is 5.32. The molecule has 1 fully saturated rings. The molecule has 8 N–H and O–H groups in total. The molecule has 156 valence electrons. The van der Waals surface area contributed by atoms with Gasteiger partial charge in [-0.1, -0.05) is 24.3 Å². The van der Waals surface area contributed by atoms with Gasteiger partial charge in [-0.25, -0.2) is 0 Å². The minimum atomic E-state index is -1.55. The van der Waals surface area contributed by atoms with E-state index in [2.05, 4.69) is 0 Å². The molecule has 0 radical (unpaired) electrons. The smallest absolute Gasteiger partial charge is 0.166 e. The molecule has 28 heavy (non-hydrogen) atoms. The number of aliphatic hydroxyl groups is 8. The summed E-state index contributed by atoms with van der Waals surface area (Å²) < 4.78 is 10.9. The highest BCUT2D eigenvalue weighted by Gasteiger charge is 2.44. The van der Waals surface area contributed by atoms with Crippen LogP contribution in [0.25, 0.3) is 0 Å². The molecule has 0 aliphatic carbocycles. The van der Waals surface area contributed by atoms with Gasteiger partial charge in [0.1, 0.15) is 48.8 Å². The summed E-state index contributed by atoms with van der Waals surface area (Å²) in [6.45, 7) is -1.11. The Kier molecular flexibility index (Phi) is 6.22. The molecule has 3 rings (SSSR count). The van der Waals surface area contributed by atoms with E-state index in [9.17, 15) is 40.9 Å². The molecule has 2 aliphatic rings. The first-order chi connectivity index (χ1) is 13.3. The van der Waals surface area contributed by atoms with Crippen LogP contribution in [0.4, 0.5) is 0 Å². The van der Waals surface area contributed by atoms with Gasteiger partial charge in [0, 0.05) is 0 Å². The van der Waals surface area contributed by atoms with Gasteiger partial charge in [0.05, 0.1) is 13.2 Å². The molecule has 0 saturated carbocycles. The molecule has 0 aromatic heterocycles. The van der Waals surface area contributed by atoms with Crippen molar-refractivity contribution in [1.29, 1.82) is 0 Å². The molecule has 2 aliphatic heterocycles. The first kappa shape index (κ1) is 21.0. The summed E-state index contributed by atoms with van der Waals surface area (Å²) in [7, 11) is 0. The summed E-state index contributed by atoms with van der Waals surface area (Å²) in [5, 5.41) is 78.1. The third-order valence-corrected chi connectivity index (χ3v) is 5.09. The van der Waals surface area contributed by atoms with Crippen LogP contribution in [0.2, 0.25) is 0 Å². The Labute approximate surface area is 160 Å². The molecule has 1 saturated heterocycles. The second kappa shape index (κ2) is 8.31. The lowest BCUT2D eigenvalue weighted by atomic mass is 9.90. The Morgan fingerprint density at radius 2 is 1.25 bits per heavy atom. The van der Waals surface area contributed by atoms with Crippen molar-refractivity contribution < 1.29 is 50.3 Å². The lowest BCUT2D eigenvalue weighted by Crippen LogP contribution is -2.55. The number of aliphatic hydroxyl groups excluding tert-OH is 8. The summed E-state index contributed by atoms with van der Waals surface area (Å²) in [5.41, 5.74) is 0.825. The van der Waals surface area contributed by atoms with Crippen LogP contribution in [0.15, 0.2) is 35.8 Å². The number of benzene rings is 1. The quantitative estimate of drug-likeness (QED) is 0.291. The van der Waals surface area contributed by atoms with E-state index in [1.807, 2.05) is 0 Å². The zero-order chi connectivity index (χ0) is 20.6. The van der Waals surface area contributed by atoms with Crippen LogP contribution in [0.3, 0.4) is 0 Å². The normalized spacial score (nSPS) is 39.2. The van der Waals surface area contributed by atoms with E-state index in [1.165, 1.54) is 24.3 Å². The number of hydrogen-bond acceptors (Lipinski definition) is 10. The predicted molar refractivity (Wildman–Crippen MR) is 92.2 cm³/mol. The zero-order valence-electron chi connectivity index (χ0n) is 14.7. The fraction of sp³-hybridized carbons (Fsp3) is 0.556. The monoisotopic (exact) mass is 400 g/mol. The maximum atomic E-state index is 10.2. The SMILES string of the molecule is OC[C@H]1O[C@H](c2ccc([C@H]3O[C@H](CO)[C@@H](O)C(O)=C3O)cc2)[C@@H](O)[C@@H](O)[C@@H]1O. The fourth-order valence-electron chi connectivity index (χ4n) is 3.39. The lowest BCUT2D eigenvalue weighted by Gasteiger charge is -2.40. The molecule has 0 unspecified atom stereocenters. The topological polar surface area (TPSA) is 180 Å². The van der Waals surface area contributed by atoms with Crippen molar-refractivity contribution in [3.05, 3.63) is 46.9 Å². The lowest BCUT2D eigenvalue weighted by molar-refractivity contribution is -0.231. The fourth-order valence-corrected chi connectivity index (χ4v) is 3.39. The van der Waals surface area contributed by atoms with Gasteiger partial charge in [0.2, 0.25) is 0 Å². The number of rotatable bonds is 4. The summed E-state index contributed by atoms with van der Waals surface area (Å²) in [6, 6.07) is 6.07. The van der Waals surface area contributed by atoms with Crippen LogP contribution in [0, 0.1) is 0 Å². The third kappa shape index (κ3) is 3.61. The van der Waals surface area contributed by atoms with E-state index in [-0.39, 0.29) is 0 Å². The van der Waals surface area contributed by atoms with Gasteiger partial charge < -0.3 is 50.3 Å². The Morgan fingerprint density at radius 1 is 0.679 bits per heavy atom. The van der Waals surface area contributed by atoms with Gasteiger partial charge in [-0.15, -0.1) is 0 Å². The van der Waals surface area contributed by atoms with Crippen molar-refractivity contribution in [1.82, 2.24) is 0 Å². The van der Waals surface area contributed by atoms with Crippen molar-refractivity contribution in [2.75, 3.05) is 13.2 Å². The van der Waals surface area contributed by atoms with Gasteiger partial charge in [0.15, 0.2) is 11.5 Å². The standard InChI is InChI=1S/C18H24O10/c19-5-9-11(21)13(23)15(25)17(27-9)7-1-2-8(4-3-7)18-16(26)14(24)12(22)10(6-20)28-18/h1-4,9-13,15,17-26H,5-6H2/t9-,10-,11-,12-,13+,15+,17-,18-/m1/s1. The van der Waals surface area contributed by atoms with Crippen molar-refractivity contribution in [2.45, 2.75) is 48.8 Å². The third-order valence-electron chi connectivity index (χ3n) is 5.09. The maximum absolute atomic E-state index is 10.2. The van der Waals surface area contributed by atoms with Gasteiger partial charge in [-0.05, 0) is 11.1 Å². The predicted octanol–water partition coefficient (Wildman–Crippen LogP) is -1.68. The van der Waals surface area contributed by atoms with Crippen LogP contribution in [-0.4, -0.2) is 90.7 Å². The van der Waals surface area contributed by atoms with Crippen LogP contribution >= 0.6 is 0 Å². The van der Waals surface area contributed by atoms with Gasteiger partial charge in [-0.3, -0.25) is 0 Å². The molecule has 2 heterocycles. The van der Waals surface area contributed by atoms with Crippen molar-refractivity contribution in [3.63, 3.8) is 0 Å². The molecular formula is C18H24O10. The van der Waals surface area contributed by atoms with E-state index in [0.29, 0.717) is 11.1 Å². The highest BCUT2D eigenvalue weighted by atomic mass is 16.5. The first-order valence-electron chi connectivity index (χ1n) is 8.76. The van der Waals surface area contributed by atoms with Crippen LogP contribution in [0.1, 0.15) is 23.3 Å². The van der Waals surface area contributed by atoms with Crippen LogP contribution < -0.4 is 0 Å². The first-order valence-corrected chi connectivity index (χ1v) is 8.76. The van der Waals surface area contributed by atoms with E-state index in [0.717, 1.165) is 0 Å². The largest absolute Gasteiger partial charge is 0.506 e. The highest BCUT2D eigenvalue weighted by Crippen LogP contribution is 2.36. The molecule has 1 aromatic rings. The average Bonchev–Trinajstić information content (AvgIpc) is 2.71. The summed E-state index contributed by atoms with van der Waals surface area (Å²) in [5.74, 6) is -1.27. The van der Waals surface area contributed by atoms with Crippen LogP contribution in [0.5, 0.6) is 0 Å². The van der Waals surface area contributed by atoms with Gasteiger partial charge in [0.25, 0.3) is 0 Å². The van der Waals surface area contributed by atoms with E-state index < -0.39 is 73.6 Å². The van der Waals surface area contributed by atoms with Gasteiger partial charge in [-0.2, -0.15) is 0 Å². The van der Waals surface area contributed by atoms with Crippen molar-refractivity contribution in [3.8, 4) is 0 Å². The van der Waals surface area contributed by atoms with Crippen LogP contribution in [-0.2, 0) is 9.47 Å². The number of ether oxygens (including phenoxy) is 2. The summed E-state index contributed by atoms with van der Waals surface area (Å²) in [4.78, 5) is 0. The Bertz CT molecular complexity index is 703. The zero-order valence-corrected chi connectivity index (χ0v) is 14.7. The van der Waals surface area contributed by atoms with Gasteiger partial charge >= 0.3 is 0 Å².